The fraction of sp³-hybridized carbons (Fsp3) is 0.0476. The number of benzene rings is 3. The van der Waals surface area contributed by atoms with E-state index in [0.29, 0.717) is 0 Å². The quantitative estimate of drug-likeness (QED) is 0.594. The first-order valence-electron chi connectivity index (χ1n) is 7.45. The number of anilines is 1. The predicted molar refractivity (Wildman–Crippen MR) is 100 cm³/mol. The topological polar surface area (TPSA) is 12.0 Å². The highest BCUT2D eigenvalue weighted by atomic mass is 79.9. The summed E-state index contributed by atoms with van der Waals surface area (Å²) in [5.74, 6) is 6.60. The van der Waals surface area contributed by atoms with Gasteiger partial charge in [0, 0.05) is 15.7 Å². The highest BCUT2D eigenvalue weighted by Crippen LogP contribution is 2.22. The van der Waals surface area contributed by atoms with Crippen molar-refractivity contribution in [2.45, 2.75) is 6.04 Å². The highest BCUT2D eigenvalue weighted by Gasteiger charge is 2.08. The number of rotatable bonds is 3. The highest BCUT2D eigenvalue weighted by molar-refractivity contribution is 9.10. The summed E-state index contributed by atoms with van der Waals surface area (Å²) in [6.45, 7) is 0. The van der Waals surface area contributed by atoms with E-state index in [9.17, 15) is 0 Å². The van der Waals surface area contributed by atoms with E-state index in [-0.39, 0.29) is 6.04 Å². The van der Waals surface area contributed by atoms with Crippen molar-refractivity contribution in [3.05, 3.63) is 101 Å². The Morgan fingerprint density at radius 3 is 2.17 bits per heavy atom. The van der Waals surface area contributed by atoms with Crippen molar-refractivity contribution < 1.29 is 0 Å². The van der Waals surface area contributed by atoms with Crippen LogP contribution in [0.5, 0.6) is 0 Å². The Labute approximate surface area is 145 Å². The van der Waals surface area contributed by atoms with Crippen LogP contribution in [0, 0.1) is 11.8 Å². The molecular weight excluding hydrogens is 346 g/mol. The monoisotopic (exact) mass is 361 g/mol. The third-order valence-corrected chi connectivity index (χ3v) is 3.89. The van der Waals surface area contributed by atoms with Gasteiger partial charge in [0.1, 0.15) is 6.04 Å². The third-order valence-electron chi connectivity index (χ3n) is 3.40. The van der Waals surface area contributed by atoms with Crippen LogP contribution in [0.15, 0.2) is 89.4 Å². The average Bonchev–Trinajstić information content (AvgIpc) is 2.60. The zero-order chi connectivity index (χ0) is 15.9. The molecule has 0 heterocycles. The molecule has 1 N–H and O–H groups in total. The van der Waals surface area contributed by atoms with E-state index in [2.05, 4.69) is 57.4 Å². The molecule has 23 heavy (non-hydrogen) atoms. The van der Waals surface area contributed by atoms with Gasteiger partial charge in [0.05, 0.1) is 0 Å². The third kappa shape index (κ3) is 4.48. The standard InChI is InChI=1S/C21H16BrN/c22-19-11-7-10-18(16-19)21(23-20-12-5-2-6-13-20)15-14-17-8-3-1-4-9-17/h1-13,16,21,23H/t21-/m1/s1. The molecule has 1 atom stereocenters. The summed E-state index contributed by atoms with van der Waals surface area (Å²) in [5.41, 5.74) is 3.20. The molecule has 0 bridgehead atoms. The minimum absolute atomic E-state index is 0.0740. The first kappa shape index (κ1) is 15.4. The molecule has 0 saturated carbocycles. The summed E-state index contributed by atoms with van der Waals surface area (Å²) in [5, 5.41) is 3.50. The van der Waals surface area contributed by atoms with Gasteiger partial charge in [0.2, 0.25) is 0 Å². The summed E-state index contributed by atoms with van der Waals surface area (Å²) in [6.07, 6.45) is 0. The van der Waals surface area contributed by atoms with Gasteiger partial charge in [-0.25, -0.2) is 0 Å². The largest absolute Gasteiger partial charge is 0.368 e. The Kier molecular flexibility index (Phi) is 5.13. The number of hydrogen-bond acceptors (Lipinski definition) is 1. The Morgan fingerprint density at radius 1 is 0.783 bits per heavy atom. The average molecular weight is 362 g/mol. The molecule has 3 aromatic carbocycles. The smallest absolute Gasteiger partial charge is 0.114 e. The van der Waals surface area contributed by atoms with Gasteiger partial charge < -0.3 is 5.32 Å². The minimum Gasteiger partial charge on any atom is -0.368 e. The lowest BCUT2D eigenvalue weighted by Crippen LogP contribution is -2.08. The van der Waals surface area contributed by atoms with Gasteiger partial charge in [-0.2, -0.15) is 0 Å². The summed E-state index contributed by atoms with van der Waals surface area (Å²) >= 11 is 3.54. The number of halogens is 1. The number of nitrogens with one attached hydrogen (secondary N) is 1. The van der Waals surface area contributed by atoms with Gasteiger partial charge >= 0.3 is 0 Å². The number of para-hydroxylation sites is 1. The van der Waals surface area contributed by atoms with Gasteiger partial charge in [-0.15, -0.1) is 0 Å². The normalized spacial score (nSPS) is 11.2. The van der Waals surface area contributed by atoms with E-state index in [0.717, 1.165) is 21.3 Å². The molecule has 0 unspecified atom stereocenters. The summed E-state index contributed by atoms with van der Waals surface area (Å²) in [6, 6.07) is 28.4. The fourth-order valence-corrected chi connectivity index (χ4v) is 2.68. The molecule has 1 nitrogen and oxygen atoms in total. The molecule has 0 radical (unpaired) electrons. The molecule has 0 amide bonds. The molecule has 0 spiro atoms. The van der Waals surface area contributed by atoms with Crippen LogP contribution >= 0.6 is 15.9 Å². The van der Waals surface area contributed by atoms with Crippen LogP contribution in [0.25, 0.3) is 0 Å². The van der Waals surface area contributed by atoms with Crippen molar-refractivity contribution in [2.75, 3.05) is 5.32 Å². The predicted octanol–water partition coefficient (Wildman–Crippen LogP) is 5.65. The molecule has 2 heteroatoms. The van der Waals surface area contributed by atoms with Crippen LogP contribution < -0.4 is 5.32 Å². The zero-order valence-electron chi connectivity index (χ0n) is 12.5. The van der Waals surface area contributed by atoms with Crippen molar-refractivity contribution in [3.8, 4) is 11.8 Å². The molecule has 0 aliphatic rings. The molecular formula is C21H16BrN. The minimum atomic E-state index is -0.0740. The van der Waals surface area contributed by atoms with E-state index in [1.54, 1.807) is 0 Å². The summed E-state index contributed by atoms with van der Waals surface area (Å²) in [7, 11) is 0. The van der Waals surface area contributed by atoms with Crippen molar-refractivity contribution in [1.29, 1.82) is 0 Å². The van der Waals surface area contributed by atoms with E-state index in [4.69, 9.17) is 0 Å². The van der Waals surface area contributed by atoms with Crippen LogP contribution in [0.2, 0.25) is 0 Å². The van der Waals surface area contributed by atoms with Crippen molar-refractivity contribution >= 4 is 21.6 Å². The van der Waals surface area contributed by atoms with Crippen molar-refractivity contribution in [2.24, 2.45) is 0 Å². The number of hydrogen-bond donors (Lipinski definition) is 1. The lowest BCUT2D eigenvalue weighted by molar-refractivity contribution is 1.02. The van der Waals surface area contributed by atoms with Crippen LogP contribution in [0.4, 0.5) is 5.69 Å². The molecule has 0 saturated heterocycles. The molecule has 0 fully saturated rings. The first-order valence-corrected chi connectivity index (χ1v) is 8.24. The van der Waals surface area contributed by atoms with Crippen LogP contribution in [-0.4, -0.2) is 0 Å². The SMILES string of the molecule is Brc1cccc([C@@H](C#Cc2ccccc2)Nc2ccccc2)c1. The van der Waals surface area contributed by atoms with Crippen LogP contribution in [-0.2, 0) is 0 Å². The van der Waals surface area contributed by atoms with E-state index >= 15 is 0 Å². The van der Waals surface area contributed by atoms with E-state index in [1.165, 1.54) is 0 Å². The van der Waals surface area contributed by atoms with Gasteiger partial charge in [0.15, 0.2) is 0 Å². The van der Waals surface area contributed by atoms with Crippen molar-refractivity contribution in [3.63, 3.8) is 0 Å². The Hall–Kier alpha value is -2.50. The maximum atomic E-state index is 3.54. The molecule has 3 aromatic rings. The second-order valence-electron chi connectivity index (χ2n) is 5.13. The lowest BCUT2D eigenvalue weighted by atomic mass is 10.1. The molecule has 0 aliphatic heterocycles. The van der Waals surface area contributed by atoms with Gasteiger partial charge in [-0.1, -0.05) is 76.3 Å². The van der Waals surface area contributed by atoms with E-state index in [1.807, 2.05) is 60.7 Å². The van der Waals surface area contributed by atoms with Crippen LogP contribution in [0.3, 0.4) is 0 Å². The molecule has 3 rings (SSSR count). The van der Waals surface area contributed by atoms with Gasteiger partial charge in [-0.05, 0) is 42.0 Å². The van der Waals surface area contributed by atoms with E-state index < -0.39 is 0 Å². The molecule has 0 aromatic heterocycles. The first-order chi connectivity index (χ1) is 11.3. The van der Waals surface area contributed by atoms with Gasteiger partial charge in [0.25, 0.3) is 0 Å². The maximum Gasteiger partial charge on any atom is 0.114 e. The Bertz CT molecular complexity index is 816. The Morgan fingerprint density at radius 2 is 1.48 bits per heavy atom. The lowest BCUT2D eigenvalue weighted by Gasteiger charge is -2.15. The summed E-state index contributed by atoms with van der Waals surface area (Å²) < 4.78 is 1.05. The molecule has 112 valence electrons. The second kappa shape index (κ2) is 7.67. The van der Waals surface area contributed by atoms with Crippen molar-refractivity contribution in [1.82, 2.24) is 0 Å². The summed E-state index contributed by atoms with van der Waals surface area (Å²) in [4.78, 5) is 0. The maximum absolute atomic E-state index is 3.54. The van der Waals surface area contributed by atoms with Gasteiger partial charge in [-0.3, -0.25) is 0 Å². The van der Waals surface area contributed by atoms with Crippen LogP contribution in [0.1, 0.15) is 17.2 Å². The molecule has 0 aliphatic carbocycles. The second-order valence-corrected chi connectivity index (χ2v) is 6.05. The zero-order valence-corrected chi connectivity index (χ0v) is 14.1. The Balaban J connectivity index is 1.92. The fourth-order valence-electron chi connectivity index (χ4n) is 2.27.